The number of piperidine rings is 1. The van der Waals surface area contributed by atoms with E-state index in [4.69, 9.17) is 4.74 Å². The molecule has 0 aliphatic carbocycles. The lowest BCUT2D eigenvalue weighted by Gasteiger charge is -2.33. The topological polar surface area (TPSA) is 63.9 Å². The monoisotopic (exact) mass is 435 g/mol. The van der Waals surface area contributed by atoms with Gasteiger partial charge < -0.3 is 14.2 Å². The summed E-state index contributed by atoms with van der Waals surface area (Å²) in [5.41, 5.74) is 2.24. The Balaban J connectivity index is 1.66. The molecule has 0 spiro atoms. The van der Waals surface area contributed by atoms with E-state index in [2.05, 4.69) is 37.0 Å². The molecular formula is C21H29N3O3S2. The van der Waals surface area contributed by atoms with Crippen LogP contribution in [0.15, 0.2) is 23.2 Å². The van der Waals surface area contributed by atoms with Gasteiger partial charge in [0, 0.05) is 26.2 Å². The first kappa shape index (κ1) is 22.1. The van der Waals surface area contributed by atoms with Crippen molar-refractivity contribution in [3.63, 3.8) is 0 Å². The van der Waals surface area contributed by atoms with Crippen molar-refractivity contribution >= 4 is 45.1 Å². The van der Waals surface area contributed by atoms with E-state index in [1.807, 2.05) is 9.47 Å². The summed E-state index contributed by atoms with van der Waals surface area (Å²) in [6.07, 6.45) is 3.33. The van der Waals surface area contributed by atoms with Crippen molar-refractivity contribution < 1.29 is 14.3 Å². The van der Waals surface area contributed by atoms with Gasteiger partial charge in [0.05, 0.1) is 28.3 Å². The Bertz CT molecular complexity index is 935. The highest BCUT2D eigenvalue weighted by molar-refractivity contribution is 8.00. The third-order valence-electron chi connectivity index (χ3n) is 5.15. The summed E-state index contributed by atoms with van der Waals surface area (Å²) in [4.78, 5) is 31.8. The van der Waals surface area contributed by atoms with Gasteiger partial charge in [-0.15, -0.1) is 11.8 Å². The lowest BCUT2D eigenvalue weighted by Crippen LogP contribution is -2.43. The Morgan fingerprint density at radius 2 is 2.14 bits per heavy atom. The first-order chi connectivity index (χ1) is 14.0. The van der Waals surface area contributed by atoms with Crippen LogP contribution in [0.25, 0.3) is 10.2 Å². The van der Waals surface area contributed by atoms with Crippen molar-refractivity contribution in [2.45, 2.75) is 45.7 Å². The van der Waals surface area contributed by atoms with Crippen LogP contribution in [0.2, 0.25) is 0 Å². The molecule has 0 N–H and O–H groups in total. The zero-order chi connectivity index (χ0) is 20.8. The van der Waals surface area contributed by atoms with Crippen LogP contribution in [-0.2, 0) is 20.9 Å². The highest BCUT2D eigenvalue weighted by atomic mass is 32.2. The Hall–Kier alpha value is -1.64. The van der Waals surface area contributed by atoms with Gasteiger partial charge in [0.2, 0.25) is 5.91 Å². The van der Waals surface area contributed by atoms with Crippen molar-refractivity contribution in [1.29, 1.82) is 0 Å². The van der Waals surface area contributed by atoms with Crippen LogP contribution in [-0.4, -0.2) is 59.1 Å². The SMILES string of the molecule is COCCn1c(=NC(=O)CSCC(=O)N2CCCCC2C)sc2cc(C)ccc21. The number of thiazole rings is 1. The van der Waals surface area contributed by atoms with Crippen molar-refractivity contribution in [2.24, 2.45) is 4.99 Å². The fraction of sp³-hybridized carbons (Fsp3) is 0.571. The van der Waals surface area contributed by atoms with Gasteiger partial charge in [0.1, 0.15) is 0 Å². The van der Waals surface area contributed by atoms with Crippen molar-refractivity contribution in [1.82, 2.24) is 9.47 Å². The predicted molar refractivity (Wildman–Crippen MR) is 119 cm³/mol. The second-order valence-corrected chi connectivity index (χ2v) is 9.43. The molecular weight excluding hydrogens is 406 g/mol. The van der Waals surface area contributed by atoms with E-state index in [-0.39, 0.29) is 17.6 Å². The molecule has 8 heteroatoms. The number of carbonyl (C=O) groups is 2. The molecule has 2 aromatic rings. The minimum atomic E-state index is -0.205. The lowest BCUT2D eigenvalue weighted by molar-refractivity contribution is -0.131. The smallest absolute Gasteiger partial charge is 0.258 e. The Kier molecular flexibility index (Phi) is 7.91. The van der Waals surface area contributed by atoms with Crippen LogP contribution in [0.5, 0.6) is 0 Å². The standard InChI is InChI=1S/C21H29N3O3S2/c1-15-7-8-17-18(12-15)29-21(24(17)10-11-27-3)22-19(25)13-28-14-20(26)23-9-5-4-6-16(23)2/h7-8,12,16H,4-6,9-11,13-14H2,1-3H3. The number of carbonyl (C=O) groups excluding carboxylic acids is 2. The van der Waals surface area contributed by atoms with Crippen LogP contribution in [0.4, 0.5) is 0 Å². The van der Waals surface area contributed by atoms with Gasteiger partial charge in [-0.1, -0.05) is 17.4 Å². The first-order valence-corrected chi connectivity index (χ1v) is 12.0. The van der Waals surface area contributed by atoms with E-state index in [0.29, 0.717) is 29.7 Å². The molecule has 1 aliphatic rings. The molecule has 0 saturated carbocycles. The Morgan fingerprint density at radius 3 is 2.90 bits per heavy atom. The third kappa shape index (κ3) is 5.71. The van der Waals surface area contributed by atoms with E-state index in [1.54, 1.807) is 7.11 Å². The van der Waals surface area contributed by atoms with Crippen LogP contribution in [0.1, 0.15) is 31.7 Å². The van der Waals surface area contributed by atoms with Crippen molar-refractivity contribution in [2.75, 3.05) is 31.8 Å². The maximum atomic E-state index is 12.5. The quantitative estimate of drug-likeness (QED) is 0.670. The second-order valence-electron chi connectivity index (χ2n) is 7.43. The summed E-state index contributed by atoms with van der Waals surface area (Å²) < 4.78 is 8.36. The molecule has 0 radical (unpaired) electrons. The molecule has 2 heterocycles. The summed E-state index contributed by atoms with van der Waals surface area (Å²) >= 11 is 2.87. The van der Waals surface area contributed by atoms with Gasteiger partial charge in [-0.3, -0.25) is 9.59 Å². The largest absolute Gasteiger partial charge is 0.383 e. The van der Waals surface area contributed by atoms with Crippen LogP contribution in [0.3, 0.4) is 0 Å². The number of methoxy groups -OCH3 is 1. The molecule has 158 valence electrons. The minimum absolute atomic E-state index is 0.127. The highest BCUT2D eigenvalue weighted by Gasteiger charge is 2.22. The van der Waals surface area contributed by atoms with Crippen molar-refractivity contribution in [3.8, 4) is 0 Å². The highest BCUT2D eigenvalue weighted by Crippen LogP contribution is 2.20. The molecule has 1 aromatic carbocycles. The van der Waals surface area contributed by atoms with E-state index < -0.39 is 0 Å². The van der Waals surface area contributed by atoms with Crippen molar-refractivity contribution in [3.05, 3.63) is 28.6 Å². The summed E-state index contributed by atoms with van der Waals surface area (Å²) in [5, 5.41) is 0. The van der Waals surface area contributed by atoms with Gasteiger partial charge in [-0.05, 0) is 50.8 Å². The number of hydrogen-bond donors (Lipinski definition) is 0. The summed E-state index contributed by atoms with van der Waals surface area (Å²) in [7, 11) is 1.66. The molecule has 1 aliphatic heterocycles. The lowest BCUT2D eigenvalue weighted by atomic mass is 10.0. The van der Waals surface area contributed by atoms with Gasteiger partial charge >= 0.3 is 0 Å². The number of amides is 2. The van der Waals surface area contributed by atoms with Gasteiger partial charge in [0.15, 0.2) is 4.80 Å². The van der Waals surface area contributed by atoms with Gasteiger partial charge in [0.25, 0.3) is 5.91 Å². The molecule has 1 atom stereocenters. The molecule has 1 unspecified atom stereocenters. The maximum absolute atomic E-state index is 12.5. The second kappa shape index (κ2) is 10.4. The molecule has 1 saturated heterocycles. The summed E-state index contributed by atoms with van der Waals surface area (Å²) in [6, 6.07) is 6.54. The number of benzene rings is 1. The number of ether oxygens (including phenoxy) is 1. The minimum Gasteiger partial charge on any atom is -0.383 e. The van der Waals surface area contributed by atoms with E-state index in [9.17, 15) is 9.59 Å². The first-order valence-electron chi connectivity index (χ1n) is 10.0. The summed E-state index contributed by atoms with van der Waals surface area (Å²) in [5.74, 6) is 0.471. The van der Waals surface area contributed by atoms with E-state index in [1.165, 1.54) is 35.1 Å². The number of aromatic nitrogens is 1. The fourth-order valence-electron chi connectivity index (χ4n) is 3.58. The molecule has 1 fully saturated rings. The number of nitrogens with zero attached hydrogens (tertiary/aromatic N) is 3. The van der Waals surface area contributed by atoms with Crippen LogP contribution >= 0.6 is 23.1 Å². The number of hydrogen-bond acceptors (Lipinski definition) is 5. The average Bonchev–Trinajstić information content (AvgIpc) is 3.02. The zero-order valence-corrected chi connectivity index (χ0v) is 19.0. The average molecular weight is 436 g/mol. The molecule has 2 amide bonds. The maximum Gasteiger partial charge on any atom is 0.258 e. The molecule has 1 aromatic heterocycles. The van der Waals surface area contributed by atoms with E-state index in [0.717, 1.165) is 29.6 Å². The third-order valence-corrected chi connectivity index (χ3v) is 7.10. The molecule has 0 bridgehead atoms. The number of rotatable bonds is 7. The predicted octanol–water partition coefficient (Wildman–Crippen LogP) is 3.22. The number of likely N-dealkylation sites (tertiary alicyclic amines) is 1. The molecule has 3 rings (SSSR count). The zero-order valence-electron chi connectivity index (χ0n) is 17.3. The normalized spacial score (nSPS) is 17.8. The van der Waals surface area contributed by atoms with Gasteiger partial charge in [-0.25, -0.2) is 0 Å². The molecule has 29 heavy (non-hydrogen) atoms. The fourth-order valence-corrected chi connectivity index (χ4v) is 5.43. The number of aryl methyl sites for hydroxylation is 1. The van der Waals surface area contributed by atoms with Gasteiger partial charge in [-0.2, -0.15) is 4.99 Å². The number of fused-ring (bicyclic) bond motifs is 1. The summed E-state index contributed by atoms with van der Waals surface area (Å²) in [6.45, 7) is 6.18. The Labute approximate surface area is 180 Å². The van der Waals surface area contributed by atoms with Crippen LogP contribution < -0.4 is 4.80 Å². The van der Waals surface area contributed by atoms with Crippen LogP contribution in [0, 0.1) is 6.92 Å². The Morgan fingerprint density at radius 1 is 1.31 bits per heavy atom. The molecule has 6 nitrogen and oxygen atoms in total. The van der Waals surface area contributed by atoms with E-state index >= 15 is 0 Å². The number of thioether (sulfide) groups is 1.